The normalized spacial score (nSPS) is 15.6. The third kappa shape index (κ3) is 3.40. The molecule has 1 aromatic carbocycles. The Bertz CT molecular complexity index is 723. The smallest absolute Gasteiger partial charge is 0.294 e. The van der Waals surface area contributed by atoms with Crippen molar-refractivity contribution in [1.82, 2.24) is 0 Å². The van der Waals surface area contributed by atoms with Crippen molar-refractivity contribution in [3.63, 3.8) is 0 Å². The second-order valence-electron chi connectivity index (χ2n) is 5.52. The van der Waals surface area contributed by atoms with E-state index in [0.29, 0.717) is 23.7 Å². The van der Waals surface area contributed by atoms with Crippen LogP contribution < -0.4 is 15.4 Å². The van der Waals surface area contributed by atoms with Crippen LogP contribution >= 0.6 is 11.3 Å². The molecule has 120 valence electrons. The molecule has 0 saturated carbocycles. The van der Waals surface area contributed by atoms with Gasteiger partial charge in [-0.15, -0.1) is 11.3 Å². The summed E-state index contributed by atoms with van der Waals surface area (Å²) in [5.41, 5.74) is 7.29. The van der Waals surface area contributed by atoms with Crippen molar-refractivity contribution in [2.24, 2.45) is 0 Å². The lowest BCUT2D eigenvalue weighted by atomic mass is 10.1. The minimum Gasteiger partial charge on any atom is -0.449 e. The number of hydrogen-bond acceptors (Lipinski definition) is 4. The molecule has 3 rings (SSSR count). The molecule has 2 heterocycles. The van der Waals surface area contributed by atoms with Crippen LogP contribution in [0.15, 0.2) is 41.5 Å². The van der Waals surface area contributed by atoms with Gasteiger partial charge in [-0.05, 0) is 30.0 Å². The molecule has 0 radical (unpaired) electrons. The second kappa shape index (κ2) is 6.87. The van der Waals surface area contributed by atoms with Gasteiger partial charge < -0.3 is 15.4 Å². The maximum atomic E-state index is 12.8. The van der Waals surface area contributed by atoms with Crippen molar-refractivity contribution in [2.75, 3.05) is 17.2 Å². The zero-order valence-electron chi connectivity index (χ0n) is 13.1. The Hall–Kier alpha value is -2.27. The zero-order chi connectivity index (χ0) is 16.2. The highest BCUT2D eigenvalue weighted by atomic mass is 32.1. The van der Waals surface area contributed by atoms with E-state index in [-0.39, 0.29) is 5.91 Å². The van der Waals surface area contributed by atoms with Gasteiger partial charge in [-0.2, -0.15) is 0 Å². The van der Waals surface area contributed by atoms with Gasteiger partial charge in [0.2, 0.25) is 0 Å². The Balaban J connectivity index is 1.95. The Morgan fingerprint density at radius 3 is 2.91 bits per heavy atom. The van der Waals surface area contributed by atoms with Gasteiger partial charge in [0.15, 0.2) is 11.5 Å². The van der Waals surface area contributed by atoms with Crippen LogP contribution in [0, 0.1) is 0 Å². The first-order chi connectivity index (χ1) is 11.2. The summed E-state index contributed by atoms with van der Waals surface area (Å²) in [5, 5.41) is 1.98. The molecule has 1 aliphatic heterocycles. The van der Waals surface area contributed by atoms with Gasteiger partial charge in [0, 0.05) is 29.3 Å². The Kier molecular flexibility index (Phi) is 4.67. The fourth-order valence-corrected chi connectivity index (χ4v) is 3.22. The SMILES string of the molecule is CCCCCN1C(=O)/C(=C\c2cccs2)Oc2cc(N)ccc21. The van der Waals surface area contributed by atoms with E-state index in [1.165, 1.54) is 0 Å². The van der Waals surface area contributed by atoms with Crippen molar-refractivity contribution < 1.29 is 9.53 Å². The Morgan fingerprint density at radius 1 is 1.30 bits per heavy atom. The number of nitrogens with two attached hydrogens (primary N) is 1. The highest BCUT2D eigenvalue weighted by Crippen LogP contribution is 2.37. The third-order valence-corrected chi connectivity index (χ3v) is 4.57. The molecule has 0 saturated heterocycles. The van der Waals surface area contributed by atoms with E-state index in [1.54, 1.807) is 34.4 Å². The number of amides is 1. The maximum Gasteiger partial charge on any atom is 0.294 e. The molecule has 0 unspecified atom stereocenters. The number of anilines is 2. The summed E-state index contributed by atoms with van der Waals surface area (Å²) in [6, 6.07) is 9.35. The maximum absolute atomic E-state index is 12.8. The summed E-state index contributed by atoms with van der Waals surface area (Å²) in [6.45, 7) is 2.84. The van der Waals surface area contributed by atoms with Crippen molar-refractivity contribution in [1.29, 1.82) is 0 Å². The van der Waals surface area contributed by atoms with Crippen molar-refractivity contribution in [3.8, 4) is 5.75 Å². The van der Waals surface area contributed by atoms with Crippen molar-refractivity contribution in [3.05, 3.63) is 46.3 Å². The van der Waals surface area contributed by atoms with Crippen LogP contribution in [0.5, 0.6) is 5.75 Å². The fourth-order valence-electron chi connectivity index (χ4n) is 2.58. The highest BCUT2D eigenvalue weighted by Gasteiger charge is 2.30. The number of nitrogens with zero attached hydrogens (tertiary/aromatic N) is 1. The molecule has 2 N–H and O–H groups in total. The van der Waals surface area contributed by atoms with Gasteiger partial charge in [-0.3, -0.25) is 4.79 Å². The van der Waals surface area contributed by atoms with Crippen LogP contribution in [0.4, 0.5) is 11.4 Å². The number of nitrogen functional groups attached to an aromatic ring is 1. The first kappa shape index (κ1) is 15.6. The molecule has 0 aliphatic carbocycles. The molecule has 4 nitrogen and oxygen atoms in total. The molecule has 2 aromatic rings. The number of rotatable bonds is 5. The van der Waals surface area contributed by atoms with Gasteiger partial charge in [-0.25, -0.2) is 0 Å². The largest absolute Gasteiger partial charge is 0.449 e. The van der Waals surface area contributed by atoms with Gasteiger partial charge in [0.1, 0.15) is 0 Å². The third-order valence-electron chi connectivity index (χ3n) is 3.75. The monoisotopic (exact) mass is 328 g/mol. The predicted octanol–water partition coefficient (Wildman–Crippen LogP) is 4.29. The van der Waals surface area contributed by atoms with E-state index in [9.17, 15) is 4.79 Å². The summed E-state index contributed by atoms with van der Waals surface area (Å²) in [5.74, 6) is 0.901. The second-order valence-corrected chi connectivity index (χ2v) is 6.50. The predicted molar refractivity (Wildman–Crippen MR) is 95.7 cm³/mol. The van der Waals surface area contributed by atoms with Gasteiger partial charge in [0.05, 0.1) is 5.69 Å². The van der Waals surface area contributed by atoms with E-state index in [2.05, 4.69) is 6.92 Å². The van der Waals surface area contributed by atoms with Crippen molar-refractivity contribution >= 4 is 34.7 Å². The number of carbonyl (C=O) groups is 1. The molecular formula is C18H20N2O2S. The summed E-state index contributed by atoms with van der Waals surface area (Å²) >= 11 is 1.57. The lowest BCUT2D eigenvalue weighted by Gasteiger charge is -2.30. The standard InChI is InChI=1S/C18H20N2O2S/c1-2-3-4-9-20-15-8-7-13(19)11-16(15)22-17(18(20)21)12-14-6-5-10-23-14/h5-8,10-12H,2-4,9,19H2,1H3/b17-12+. The highest BCUT2D eigenvalue weighted by molar-refractivity contribution is 7.10. The molecule has 5 heteroatoms. The zero-order valence-corrected chi connectivity index (χ0v) is 13.9. The summed E-state index contributed by atoms with van der Waals surface area (Å²) < 4.78 is 5.83. The minimum atomic E-state index is -0.0909. The first-order valence-corrected chi connectivity index (χ1v) is 8.71. The number of hydrogen-bond donors (Lipinski definition) is 1. The van der Waals surface area contributed by atoms with E-state index in [0.717, 1.165) is 29.8 Å². The number of fused-ring (bicyclic) bond motifs is 1. The molecule has 0 atom stereocenters. The Morgan fingerprint density at radius 2 is 2.17 bits per heavy atom. The van der Waals surface area contributed by atoms with Crippen LogP contribution in [0.25, 0.3) is 6.08 Å². The minimum absolute atomic E-state index is 0.0909. The van der Waals surface area contributed by atoms with Crippen LogP contribution in [0.2, 0.25) is 0 Å². The summed E-state index contributed by atoms with van der Waals surface area (Å²) in [7, 11) is 0. The van der Waals surface area contributed by atoms with Crippen LogP contribution in [-0.4, -0.2) is 12.5 Å². The molecule has 0 spiro atoms. The average Bonchev–Trinajstić information content (AvgIpc) is 3.04. The van der Waals surface area contributed by atoms with Crippen molar-refractivity contribution in [2.45, 2.75) is 26.2 Å². The van der Waals surface area contributed by atoms with Gasteiger partial charge >= 0.3 is 0 Å². The number of carbonyl (C=O) groups excluding carboxylic acids is 1. The van der Waals surface area contributed by atoms with E-state index in [4.69, 9.17) is 10.5 Å². The molecule has 23 heavy (non-hydrogen) atoms. The number of benzene rings is 1. The lowest BCUT2D eigenvalue weighted by Crippen LogP contribution is -2.38. The van der Waals surface area contributed by atoms with E-state index in [1.807, 2.05) is 23.6 Å². The number of thiophene rings is 1. The molecule has 1 aliphatic rings. The van der Waals surface area contributed by atoms with Gasteiger partial charge in [-0.1, -0.05) is 25.8 Å². The molecule has 0 bridgehead atoms. The summed E-state index contributed by atoms with van der Waals surface area (Å²) in [6.07, 6.45) is 4.98. The van der Waals surface area contributed by atoms with Crippen LogP contribution in [-0.2, 0) is 4.79 Å². The first-order valence-electron chi connectivity index (χ1n) is 7.83. The van der Waals surface area contributed by atoms with Gasteiger partial charge in [0.25, 0.3) is 5.91 Å². The quantitative estimate of drug-likeness (QED) is 0.506. The molecule has 1 aromatic heterocycles. The molecule has 0 fully saturated rings. The van der Waals surface area contributed by atoms with Crippen LogP contribution in [0.1, 0.15) is 31.1 Å². The lowest BCUT2D eigenvalue weighted by molar-refractivity contribution is -0.117. The molecule has 1 amide bonds. The topological polar surface area (TPSA) is 55.6 Å². The van der Waals surface area contributed by atoms with E-state index < -0.39 is 0 Å². The van der Waals surface area contributed by atoms with E-state index >= 15 is 0 Å². The van der Waals surface area contributed by atoms with Crippen LogP contribution in [0.3, 0.4) is 0 Å². The average molecular weight is 328 g/mol. The molecular weight excluding hydrogens is 308 g/mol. The fraction of sp³-hybridized carbons (Fsp3) is 0.278. The number of unbranched alkanes of at least 4 members (excludes halogenated alkanes) is 2. The number of ether oxygens (including phenoxy) is 1. The Labute approximate surface area is 140 Å². The summed E-state index contributed by atoms with van der Waals surface area (Å²) in [4.78, 5) is 15.6.